The van der Waals surface area contributed by atoms with Crippen LogP contribution in [0.2, 0.25) is 0 Å². The Labute approximate surface area is 302 Å². The van der Waals surface area contributed by atoms with Crippen LogP contribution in [0, 0.1) is 0 Å². The highest BCUT2D eigenvalue weighted by atomic mass is 32.1. The Morgan fingerprint density at radius 2 is 1.00 bits per heavy atom. The van der Waals surface area contributed by atoms with Crippen LogP contribution < -0.4 is 0 Å². The van der Waals surface area contributed by atoms with Crippen LogP contribution in [0.1, 0.15) is 0 Å². The topological polar surface area (TPSA) is 51.8 Å². The van der Waals surface area contributed by atoms with E-state index in [0.29, 0.717) is 17.5 Å². The second-order valence-electron chi connectivity index (χ2n) is 13.2. The van der Waals surface area contributed by atoms with E-state index in [9.17, 15) is 0 Å². The molecule has 3 heterocycles. The minimum atomic E-state index is 0.652. The van der Waals surface area contributed by atoms with Crippen molar-refractivity contribution < 1.29 is 4.42 Å². The average molecular weight is 682 g/mol. The van der Waals surface area contributed by atoms with E-state index in [-0.39, 0.29) is 0 Å². The standard InChI is InChI=1S/C47H27N3OS/c1-2-11-29(12-3-1)45-48-46(35-17-8-15-28-10-6-7-16-34(28)35)50-47(49-45)36-18-9-19-43-44(36)39-26-33(21-23-42(39)52-43)32-20-22-40-37(25-32)38-24-30-13-4-5-14-31(30)27-41(38)51-40/h1-27H. The number of hydrogen-bond donors (Lipinski definition) is 0. The summed E-state index contributed by atoms with van der Waals surface area (Å²) in [7, 11) is 0. The molecule has 0 saturated carbocycles. The van der Waals surface area contributed by atoms with Gasteiger partial charge in [0.1, 0.15) is 11.2 Å². The van der Waals surface area contributed by atoms with Gasteiger partial charge in [-0.15, -0.1) is 11.3 Å². The normalized spacial score (nSPS) is 11.8. The number of benzene rings is 8. The molecule has 0 radical (unpaired) electrons. The van der Waals surface area contributed by atoms with E-state index in [1.54, 1.807) is 11.3 Å². The molecule has 0 saturated heterocycles. The Morgan fingerprint density at radius 1 is 0.365 bits per heavy atom. The van der Waals surface area contributed by atoms with Crippen LogP contribution in [0.5, 0.6) is 0 Å². The molecule has 242 valence electrons. The van der Waals surface area contributed by atoms with Crippen molar-refractivity contribution >= 4 is 75.0 Å². The molecule has 0 amide bonds. The van der Waals surface area contributed by atoms with Crippen molar-refractivity contribution in [3.8, 4) is 45.3 Å². The predicted molar refractivity (Wildman–Crippen MR) is 217 cm³/mol. The van der Waals surface area contributed by atoms with Gasteiger partial charge in [-0.1, -0.05) is 121 Å². The Balaban J connectivity index is 1.11. The Bertz CT molecular complexity index is 3190. The minimum absolute atomic E-state index is 0.652. The molecule has 11 aromatic rings. The Hall–Kier alpha value is -6.69. The first kappa shape index (κ1) is 29.1. The number of fused-ring (bicyclic) bond motifs is 8. The number of rotatable bonds is 4. The molecule has 0 atom stereocenters. The molecule has 8 aromatic carbocycles. The molecule has 52 heavy (non-hydrogen) atoms. The highest BCUT2D eigenvalue weighted by Gasteiger charge is 2.19. The Morgan fingerprint density at radius 3 is 1.87 bits per heavy atom. The van der Waals surface area contributed by atoms with Crippen LogP contribution in [0.15, 0.2) is 168 Å². The molecule has 5 heteroatoms. The quantitative estimate of drug-likeness (QED) is 0.185. The first-order valence-electron chi connectivity index (χ1n) is 17.3. The zero-order valence-electron chi connectivity index (χ0n) is 27.7. The van der Waals surface area contributed by atoms with Crippen LogP contribution in [0.4, 0.5) is 0 Å². The summed E-state index contributed by atoms with van der Waals surface area (Å²) in [5.41, 5.74) is 7.02. The van der Waals surface area contributed by atoms with E-state index in [0.717, 1.165) is 65.9 Å². The molecule has 0 unspecified atom stereocenters. The first-order valence-corrected chi connectivity index (χ1v) is 18.2. The maximum absolute atomic E-state index is 6.32. The lowest BCUT2D eigenvalue weighted by Crippen LogP contribution is -2.00. The summed E-state index contributed by atoms with van der Waals surface area (Å²) < 4.78 is 8.74. The van der Waals surface area contributed by atoms with Crippen LogP contribution in [0.25, 0.3) is 109 Å². The molecule has 0 bridgehead atoms. The van der Waals surface area contributed by atoms with Gasteiger partial charge in [0.25, 0.3) is 0 Å². The van der Waals surface area contributed by atoms with Gasteiger partial charge < -0.3 is 4.42 Å². The summed E-state index contributed by atoms with van der Waals surface area (Å²) in [4.78, 5) is 15.4. The minimum Gasteiger partial charge on any atom is -0.456 e. The van der Waals surface area contributed by atoms with Crippen LogP contribution in [-0.4, -0.2) is 15.0 Å². The molecule has 4 nitrogen and oxygen atoms in total. The van der Waals surface area contributed by atoms with Crippen LogP contribution in [-0.2, 0) is 0 Å². The summed E-state index contributed by atoms with van der Waals surface area (Å²) in [6, 6.07) is 57.5. The van der Waals surface area contributed by atoms with Gasteiger partial charge in [-0.05, 0) is 75.1 Å². The van der Waals surface area contributed by atoms with Crippen molar-refractivity contribution in [2.75, 3.05) is 0 Å². The van der Waals surface area contributed by atoms with Crippen LogP contribution in [0.3, 0.4) is 0 Å². The lowest BCUT2D eigenvalue weighted by molar-refractivity contribution is 0.669. The van der Waals surface area contributed by atoms with E-state index >= 15 is 0 Å². The molecule has 0 spiro atoms. The first-order chi connectivity index (χ1) is 25.7. The molecule has 0 aliphatic heterocycles. The van der Waals surface area contributed by atoms with Gasteiger partial charge in [0, 0.05) is 47.6 Å². The molecule has 11 rings (SSSR count). The van der Waals surface area contributed by atoms with Crippen molar-refractivity contribution in [3.05, 3.63) is 164 Å². The summed E-state index contributed by atoms with van der Waals surface area (Å²) >= 11 is 1.80. The van der Waals surface area contributed by atoms with Crippen molar-refractivity contribution in [3.63, 3.8) is 0 Å². The van der Waals surface area contributed by atoms with Crippen LogP contribution >= 0.6 is 11.3 Å². The van der Waals surface area contributed by atoms with Crippen molar-refractivity contribution in [1.82, 2.24) is 15.0 Å². The third-order valence-electron chi connectivity index (χ3n) is 10.1. The number of hydrogen-bond acceptors (Lipinski definition) is 5. The van der Waals surface area contributed by atoms with Gasteiger partial charge in [-0.3, -0.25) is 0 Å². The lowest BCUT2D eigenvalue weighted by Gasteiger charge is -2.11. The van der Waals surface area contributed by atoms with Crippen molar-refractivity contribution in [1.29, 1.82) is 0 Å². The third kappa shape index (κ3) is 4.64. The summed E-state index contributed by atoms with van der Waals surface area (Å²) in [5.74, 6) is 1.97. The number of nitrogens with zero attached hydrogens (tertiary/aromatic N) is 3. The Kier molecular flexibility index (Phi) is 6.39. The zero-order valence-corrected chi connectivity index (χ0v) is 28.6. The molecule has 0 N–H and O–H groups in total. The molecular weight excluding hydrogens is 655 g/mol. The predicted octanol–water partition coefficient (Wildman–Crippen LogP) is 13.1. The van der Waals surface area contributed by atoms with Gasteiger partial charge in [0.05, 0.1) is 0 Å². The van der Waals surface area contributed by atoms with E-state index in [1.165, 1.54) is 25.6 Å². The van der Waals surface area contributed by atoms with E-state index in [4.69, 9.17) is 19.4 Å². The largest absolute Gasteiger partial charge is 0.456 e. The maximum atomic E-state index is 6.32. The average Bonchev–Trinajstić information content (AvgIpc) is 3.77. The van der Waals surface area contributed by atoms with Gasteiger partial charge in [-0.25, -0.2) is 15.0 Å². The highest BCUT2D eigenvalue weighted by Crippen LogP contribution is 2.42. The molecule has 3 aromatic heterocycles. The van der Waals surface area contributed by atoms with E-state index in [2.05, 4.69) is 146 Å². The van der Waals surface area contributed by atoms with Crippen molar-refractivity contribution in [2.45, 2.75) is 0 Å². The SMILES string of the molecule is c1ccc(-c2nc(-c3cccc4ccccc34)nc(-c3cccc4sc5ccc(-c6ccc7oc8cc9ccccc9cc8c7c6)cc5c34)n2)cc1. The van der Waals surface area contributed by atoms with E-state index in [1.807, 2.05) is 18.2 Å². The summed E-state index contributed by atoms with van der Waals surface area (Å²) in [5, 5.41) is 9.23. The van der Waals surface area contributed by atoms with Gasteiger partial charge in [0.2, 0.25) is 0 Å². The molecule has 0 aliphatic carbocycles. The van der Waals surface area contributed by atoms with Gasteiger partial charge in [-0.2, -0.15) is 0 Å². The number of thiophene rings is 1. The fraction of sp³-hybridized carbons (Fsp3) is 0. The summed E-state index contributed by atoms with van der Waals surface area (Å²) in [6.45, 7) is 0. The fourth-order valence-electron chi connectivity index (χ4n) is 7.59. The summed E-state index contributed by atoms with van der Waals surface area (Å²) in [6.07, 6.45) is 0. The van der Waals surface area contributed by atoms with E-state index < -0.39 is 0 Å². The van der Waals surface area contributed by atoms with Gasteiger partial charge >= 0.3 is 0 Å². The molecule has 0 aliphatic rings. The van der Waals surface area contributed by atoms with Crippen molar-refractivity contribution in [2.24, 2.45) is 0 Å². The number of furan rings is 1. The zero-order chi connectivity index (χ0) is 34.2. The lowest BCUT2D eigenvalue weighted by atomic mass is 9.98. The second-order valence-corrected chi connectivity index (χ2v) is 14.3. The smallest absolute Gasteiger partial charge is 0.164 e. The second kappa shape index (κ2) is 11.4. The highest BCUT2D eigenvalue weighted by molar-refractivity contribution is 7.26. The number of aromatic nitrogens is 3. The third-order valence-corrected chi connectivity index (χ3v) is 11.2. The fourth-order valence-corrected chi connectivity index (χ4v) is 8.70. The maximum Gasteiger partial charge on any atom is 0.164 e. The van der Waals surface area contributed by atoms with Gasteiger partial charge in [0.15, 0.2) is 17.5 Å². The molecular formula is C47H27N3OS. The molecule has 0 fully saturated rings. The monoisotopic (exact) mass is 681 g/mol.